The van der Waals surface area contributed by atoms with Crippen LogP contribution in [0.2, 0.25) is 0 Å². The van der Waals surface area contributed by atoms with Gasteiger partial charge in [-0.3, -0.25) is 4.79 Å². The summed E-state index contributed by atoms with van der Waals surface area (Å²) in [6.07, 6.45) is 2.68. The van der Waals surface area contributed by atoms with Gasteiger partial charge in [-0.2, -0.15) is 5.26 Å². The second-order valence-corrected chi connectivity index (χ2v) is 4.82. The molecule has 20 heavy (non-hydrogen) atoms. The number of nitrogens with zero attached hydrogens (tertiary/aromatic N) is 2. The Hall–Kier alpha value is -1.93. The molecule has 0 aromatic carbocycles. The average Bonchev–Trinajstić information content (AvgIpc) is 2.44. The normalized spacial score (nSPS) is 11.7. The highest BCUT2D eigenvalue weighted by Crippen LogP contribution is 2.10. The molecule has 1 unspecified atom stereocenters. The van der Waals surface area contributed by atoms with E-state index in [-0.39, 0.29) is 18.4 Å². The van der Waals surface area contributed by atoms with Crippen LogP contribution in [-0.4, -0.2) is 29.1 Å². The zero-order chi connectivity index (χ0) is 15.0. The summed E-state index contributed by atoms with van der Waals surface area (Å²) in [6.45, 7) is 4.46. The molecule has 0 radical (unpaired) electrons. The molecule has 0 aliphatic carbocycles. The van der Waals surface area contributed by atoms with Gasteiger partial charge in [-0.05, 0) is 37.8 Å². The predicted octanol–water partition coefficient (Wildman–Crippen LogP) is 1.79. The number of pyridine rings is 1. The first-order valence-electron chi connectivity index (χ1n) is 6.89. The Morgan fingerprint density at radius 3 is 2.80 bits per heavy atom. The van der Waals surface area contributed by atoms with Crippen molar-refractivity contribution in [2.24, 2.45) is 5.92 Å². The number of hydrogen-bond donors (Lipinski definition) is 2. The van der Waals surface area contributed by atoms with Gasteiger partial charge >= 0.3 is 0 Å². The molecule has 1 atom stereocenters. The monoisotopic (exact) mass is 275 g/mol. The fraction of sp³-hybridized carbons (Fsp3) is 0.533. The highest BCUT2D eigenvalue weighted by molar-refractivity contribution is 5.92. The maximum atomic E-state index is 12.0. The third-order valence-electron chi connectivity index (χ3n) is 3.22. The average molecular weight is 275 g/mol. The summed E-state index contributed by atoms with van der Waals surface area (Å²) in [5.41, 5.74) is 1.35. The number of aliphatic hydroxyl groups excluding tert-OH is 1. The molecule has 5 nitrogen and oxygen atoms in total. The minimum Gasteiger partial charge on any atom is -0.396 e. The molecule has 0 aliphatic heterocycles. The predicted molar refractivity (Wildman–Crippen MR) is 76.1 cm³/mol. The lowest BCUT2D eigenvalue weighted by Crippen LogP contribution is -2.30. The highest BCUT2D eigenvalue weighted by atomic mass is 16.3. The zero-order valence-electron chi connectivity index (χ0n) is 12.0. The Bertz CT molecular complexity index is 488. The van der Waals surface area contributed by atoms with E-state index in [0.717, 1.165) is 12.8 Å². The Kier molecular flexibility index (Phi) is 6.68. The minimum atomic E-state index is -0.239. The van der Waals surface area contributed by atoms with Crippen LogP contribution in [0.4, 0.5) is 0 Å². The van der Waals surface area contributed by atoms with Crippen LogP contribution in [0.5, 0.6) is 0 Å². The number of hydrogen-bond acceptors (Lipinski definition) is 4. The molecule has 2 N–H and O–H groups in total. The van der Waals surface area contributed by atoms with E-state index in [9.17, 15) is 4.79 Å². The lowest BCUT2D eigenvalue weighted by atomic mass is 10.0. The summed E-state index contributed by atoms with van der Waals surface area (Å²) in [4.78, 5) is 16.1. The molecule has 108 valence electrons. The highest BCUT2D eigenvalue weighted by Gasteiger charge is 2.12. The second-order valence-electron chi connectivity index (χ2n) is 4.82. The Balaban J connectivity index is 2.62. The Morgan fingerprint density at radius 2 is 2.25 bits per heavy atom. The molecule has 0 saturated carbocycles. The Labute approximate surface area is 119 Å². The van der Waals surface area contributed by atoms with Gasteiger partial charge < -0.3 is 10.4 Å². The fourth-order valence-corrected chi connectivity index (χ4v) is 2.07. The number of amides is 1. The van der Waals surface area contributed by atoms with Crippen molar-refractivity contribution >= 4 is 5.91 Å². The third kappa shape index (κ3) is 4.63. The van der Waals surface area contributed by atoms with Gasteiger partial charge in [0.25, 0.3) is 5.91 Å². The van der Waals surface area contributed by atoms with Crippen LogP contribution in [0.25, 0.3) is 0 Å². The largest absolute Gasteiger partial charge is 0.396 e. The van der Waals surface area contributed by atoms with Gasteiger partial charge in [-0.25, -0.2) is 4.98 Å². The van der Waals surface area contributed by atoms with Crippen LogP contribution in [0.3, 0.4) is 0 Å². The molecule has 0 saturated heterocycles. The van der Waals surface area contributed by atoms with Crippen LogP contribution in [0, 0.1) is 24.2 Å². The van der Waals surface area contributed by atoms with E-state index in [1.165, 1.54) is 0 Å². The molecule has 1 heterocycles. The van der Waals surface area contributed by atoms with Crippen LogP contribution in [0.15, 0.2) is 12.1 Å². The number of rotatable bonds is 7. The number of aromatic nitrogens is 1. The van der Waals surface area contributed by atoms with Crippen molar-refractivity contribution in [2.75, 3.05) is 13.2 Å². The quantitative estimate of drug-likeness (QED) is 0.794. The maximum absolute atomic E-state index is 12.0. The number of aliphatic hydroxyl groups is 1. The van der Waals surface area contributed by atoms with E-state index in [1.807, 2.05) is 6.07 Å². The number of carbonyl (C=O) groups is 1. The van der Waals surface area contributed by atoms with Crippen molar-refractivity contribution in [1.29, 1.82) is 5.26 Å². The van der Waals surface area contributed by atoms with Gasteiger partial charge in [0, 0.05) is 13.2 Å². The van der Waals surface area contributed by atoms with Gasteiger partial charge in [0.15, 0.2) is 0 Å². The SMILES string of the molecule is CCCC(CCO)CNC(=O)c1ccc(C#N)c(C)n1. The Morgan fingerprint density at radius 1 is 1.50 bits per heavy atom. The lowest BCUT2D eigenvalue weighted by molar-refractivity contribution is 0.0937. The van der Waals surface area contributed by atoms with Crippen molar-refractivity contribution in [1.82, 2.24) is 10.3 Å². The lowest BCUT2D eigenvalue weighted by Gasteiger charge is -2.15. The van der Waals surface area contributed by atoms with Crippen molar-refractivity contribution in [3.05, 3.63) is 29.1 Å². The minimum absolute atomic E-state index is 0.134. The molecule has 1 rings (SSSR count). The molecule has 0 fully saturated rings. The van der Waals surface area contributed by atoms with Crippen LogP contribution < -0.4 is 5.32 Å². The number of nitrogens with one attached hydrogen (secondary N) is 1. The first-order valence-corrected chi connectivity index (χ1v) is 6.89. The second kappa shape index (κ2) is 8.28. The fourth-order valence-electron chi connectivity index (χ4n) is 2.07. The van der Waals surface area contributed by atoms with Gasteiger partial charge in [-0.1, -0.05) is 13.3 Å². The number of nitriles is 1. The van der Waals surface area contributed by atoms with E-state index >= 15 is 0 Å². The molecule has 1 aromatic heterocycles. The van der Waals surface area contributed by atoms with Crippen LogP contribution in [0.1, 0.15) is 47.9 Å². The molecule has 0 aliphatic rings. The first-order chi connectivity index (χ1) is 9.62. The van der Waals surface area contributed by atoms with Gasteiger partial charge in [0.2, 0.25) is 0 Å². The topological polar surface area (TPSA) is 86.0 Å². The summed E-state index contributed by atoms with van der Waals surface area (Å²) in [7, 11) is 0. The van der Waals surface area contributed by atoms with Crippen LogP contribution in [-0.2, 0) is 0 Å². The van der Waals surface area contributed by atoms with Crippen LogP contribution >= 0.6 is 0 Å². The summed E-state index contributed by atoms with van der Waals surface area (Å²) in [5.74, 6) is 0.0464. The molecule has 5 heteroatoms. The van der Waals surface area contributed by atoms with Gasteiger partial charge in [-0.15, -0.1) is 0 Å². The molecular formula is C15H21N3O2. The van der Waals surface area contributed by atoms with Crippen molar-refractivity contribution < 1.29 is 9.90 Å². The maximum Gasteiger partial charge on any atom is 0.269 e. The standard InChI is InChI=1S/C15H21N3O2/c1-3-4-12(7-8-19)10-17-15(20)14-6-5-13(9-16)11(2)18-14/h5-6,12,19H,3-4,7-8,10H2,1-2H3,(H,17,20). The third-order valence-corrected chi connectivity index (χ3v) is 3.22. The summed E-state index contributed by atoms with van der Waals surface area (Å²) in [6, 6.07) is 5.19. The molecule has 0 bridgehead atoms. The van der Waals surface area contributed by atoms with Crippen molar-refractivity contribution in [3.8, 4) is 6.07 Å². The molecule has 0 spiro atoms. The van der Waals surface area contributed by atoms with E-state index < -0.39 is 0 Å². The number of carbonyl (C=O) groups excluding carboxylic acids is 1. The van der Waals surface area contributed by atoms with Crippen molar-refractivity contribution in [3.63, 3.8) is 0 Å². The number of aryl methyl sites for hydroxylation is 1. The van der Waals surface area contributed by atoms with E-state index in [1.54, 1.807) is 19.1 Å². The van der Waals surface area contributed by atoms with Gasteiger partial charge in [0.05, 0.1) is 11.3 Å². The smallest absolute Gasteiger partial charge is 0.269 e. The molecule has 1 amide bonds. The van der Waals surface area contributed by atoms with Gasteiger partial charge in [0.1, 0.15) is 11.8 Å². The van der Waals surface area contributed by atoms with E-state index in [4.69, 9.17) is 10.4 Å². The molecular weight excluding hydrogens is 254 g/mol. The van der Waals surface area contributed by atoms with E-state index in [0.29, 0.717) is 29.9 Å². The molecule has 1 aromatic rings. The van der Waals surface area contributed by atoms with E-state index in [2.05, 4.69) is 17.2 Å². The summed E-state index contributed by atoms with van der Waals surface area (Å²) >= 11 is 0. The summed E-state index contributed by atoms with van der Waals surface area (Å²) < 4.78 is 0. The first kappa shape index (κ1) is 16.1. The summed E-state index contributed by atoms with van der Waals surface area (Å²) in [5, 5.41) is 20.6. The zero-order valence-corrected chi connectivity index (χ0v) is 12.0. The van der Waals surface area contributed by atoms with Crippen molar-refractivity contribution in [2.45, 2.75) is 33.1 Å².